The Bertz CT molecular complexity index is 974. The third-order valence-corrected chi connectivity index (χ3v) is 5.21. The van der Waals surface area contributed by atoms with Gasteiger partial charge in [-0.15, -0.1) is 0 Å². The summed E-state index contributed by atoms with van der Waals surface area (Å²) in [6, 6.07) is 15.4. The maximum Gasteiger partial charge on any atom is 0.253 e. The fourth-order valence-electron chi connectivity index (χ4n) is 3.48. The van der Waals surface area contributed by atoms with Crippen molar-refractivity contribution in [2.45, 2.75) is 20.4 Å². The molecule has 7 heteroatoms. The molecular weight excluding hydrogens is 380 g/mol. The van der Waals surface area contributed by atoms with Crippen molar-refractivity contribution in [3.05, 3.63) is 65.5 Å². The average Bonchev–Trinajstić information content (AvgIpc) is 3.23. The van der Waals surface area contributed by atoms with Gasteiger partial charge >= 0.3 is 0 Å². The second kappa shape index (κ2) is 9.09. The number of rotatable bonds is 6. The van der Waals surface area contributed by atoms with Crippen molar-refractivity contribution < 1.29 is 14.1 Å². The topological polar surface area (TPSA) is 71.7 Å². The summed E-state index contributed by atoms with van der Waals surface area (Å²) in [6.45, 7) is 8.07. The van der Waals surface area contributed by atoms with E-state index in [0.29, 0.717) is 43.5 Å². The van der Waals surface area contributed by atoms with Gasteiger partial charge < -0.3 is 14.2 Å². The predicted molar refractivity (Wildman–Crippen MR) is 113 cm³/mol. The molecular formula is C23H26N4O3. The Kier molecular flexibility index (Phi) is 6.09. The van der Waals surface area contributed by atoms with Gasteiger partial charge in [-0.2, -0.15) is 4.98 Å². The fourth-order valence-corrected chi connectivity index (χ4v) is 3.48. The van der Waals surface area contributed by atoms with E-state index in [1.54, 1.807) is 0 Å². The Morgan fingerprint density at radius 1 is 1.03 bits per heavy atom. The lowest BCUT2D eigenvalue weighted by Gasteiger charge is -2.34. The van der Waals surface area contributed by atoms with Crippen molar-refractivity contribution in [1.29, 1.82) is 0 Å². The molecule has 0 bridgehead atoms. The lowest BCUT2D eigenvalue weighted by Crippen LogP contribution is -2.48. The Morgan fingerprint density at radius 3 is 2.40 bits per heavy atom. The first-order chi connectivity index (χ1) is 14.6. The van der Waals surface area contributed by atoms with E-state index in [2.05, 4.69) is 15.0 Å². The van der Waals surface area contributed by atoms with Gasteiger partial charge in [-0.1, -0.05) is 35.0 Å². The van der Waals surface area contributed by atoms with Crippen LogP contribution in [0.1, 0.15) is 28.7 Å². The molecule has 0 unspecified atom stereocenters. The zero-order valence-corrected chi connectivity index (χ0v) is 17.4. The molecule has 3 aromatic rings. The molecule has 2 heterocycles. The predicted octanol–water partition coefficient (Wildman–Crippen LogP) is 3.40. The minimum Gasteiger partial charge on any atom is -0.494 e. The summed E-state index contributed by atoms with van der Waals surface area (Å²) in [6.07, 6.45) is 0. The lowest BCUT2D eigenvalue weighted by molar-refractivity contribution is 0.0615. The highest BCUT2D eigenvalue weighted by Crippen LogP contribution is 2.18. The summed E-state index contributed by atoms with van der Waals surface area (Å²) < 4.78 is 10.9. The van der Waals surface area contributed by atoms with Gasteiger partial charge in [0.25, 0.3) is 5.91 Å². The first kappa shape index (κ1) is 20.1. The van der Waals surface area contributed by atoms with Crippen molar-refractivity contribution >= 4 is 5.91 Å². The molecule has 156 valence electrons. The highest BCUT2D eigenvalue weighted by molar-refractivity contribution is 5.94. The Hall–Kier alpha value is -3.19. The van der Waals surface area contributed by atoms with E-state index < -0.39 is 0 Å². The number of carbonyl (C=O) groups excluding carboxylic acids is 1. The Morgan fingerprint density at radius 2 is 1.73 bits per heavy atom. The first-order valence-corrected chi connectivity index (χ1v) is 10.3. The first-order valence-electron chi connectivity index (χ1n) is 10.3. The van der Waals surface area contributed by atoms with E-state index in [1.165, 1.54) is 5.56 Å². The summed E-state index contributed by atoms with van der Waals surface area (Å²) >= 11 is 0. The normalized spacial score (nSPS) is 14.7. The van der Waals surface area contributed by atoms with Crippen LogP contribution in [0.5, 0.6) is 5.75 Å². The second-order valence-corrected chi connectivity index (χ2v) is 7.40. The van der Waals surface area contributed by atoms with Crippen LogP contribution in [-0.4, -0.2) is 58.6 Å². The van der Waals surface area contributed by atoms with Crippen LogP contribution in [-0.2, 0) is 6.54 Å². The molecule has 1 amide bonds. The van der Waals surface area contributed by atoms with E-state index in [9.17, 15) is 4.79 Å². The van der Waals surface area contributed by atoms with Crippen molar-refractivity contribution in [3.63, 3.8) is 0 Å². The zero-order valence-electron chi connectivity index (χ0n) is 17.4. The number of ether oxygens (including phenoxy) is 1. The molecule has 4 rings (SSSR count). The van der Waals surface area contributed by atoms with E-state index in [4.69, 9.17) is 9.26 Å². The number of piperazine rings is 1. The van der Waals surface area contributed by atoms with Gasteiger partial charge in [-0.25, -0.2) is 0 Å². The lowest BCUT2D eigenvalue weighted by atomic mass is 10.1. The van der Waals surface area contributed by atoms with E-state index >= 15 is 0 Å². The van der Waals surface area contributed by atoms with Gasteiger partial charge in [-0.3, -0.25) is 9.69 Å². The minimum absolute atomic E-state index is 0.0529. The van der Waals surface area contributed by atoms with Crippen LogP contribution in [0.2, 0.25) is 0 Å². The molecule has 1 fully saturated rings. The minimum atomic E-state index is 0.0529. The molecule has 0 atom stereocenters. The number of nitrogens with zero attached hydrogens (tertiary/aromatic N) is 4. The van der Waals surface area contributed by atoms with Crippen LogP contribution in [0.25, 0.3) is 11.4 Å². The number of carbonyl (C=O) groups is 1. The molecule has 0 spiro atoms. The fraction of sp³-hybridized carbons (Fsp3) is 0.348. The van der Waals surface area contributed by atoms with Crippen LogP contribution in [0, 0.1) is 6.92 Å². The highest BCUT2D eigenvalue weighted by atomic mass is 16.5. The molecule has 30 heavy (non-hydrogen) atoms. The summed E-state index contributed by atoms with van der Waals surface area (Å²) in [4.78, 5) is 21.4. The van der Waals surface area contributed by atoms with Gasteiger partial charge in [-0.05, 0) is 38.1 Å². The largest absolute Gasteiger partial charge is 0.494 e. The van der Waals surface area contributed by atoms with Gasteiger partial charge in [0.05, 0.1) is 13.2 Å². The molecule has 1 aromatic heterocycles. The molecule has 1 aliphatic rings. The molecule has 0 aliphatic carbocycles. The SMILES string of the molecule is CCOc1ccc(C(=O)N2CCN(Cc3nc(-c4ccc(C)cc4)no3)CC2)cc1. The molecule has 1 saturated heterocycles. The molecule has 0 saturated carbocycles. The Labute approximate surface area is 176 Å². The van der Waals surface area contributed by atoms with Crippen molar-refractivity contribution in [1.82, 2.24) is 19.9 Å². The standard InChI is InChI=1S/C23H26N4O3/c1-3-29-20-10-8-19(9-11-20)23(28)27-14-12-26(13-15-27)16-21-24-22(25-30-21)18-6-4-17(2)5-7-18/h4-11H,3,12-16H2,1-2H3. The maximum absolute atomic E-state index is 12.7. The second-order valence-electron chi connectivity index (χ2n) is 7.40. The van der Waals surface area contributed by atoms with Crippen LogP contribution < -0.4 is 4.74 Å². The summed E-state index contributed by atoms with van der Waals surface area (Å²) in [5, 5.41) is 4.10. The van der Waals surface area contributed by atoms with E-state index in [0.717, 1.165) is 24.4 Å². The number of amides is 1. The molecule has 2 aromatic carbocycles. The molecule has 1 aliphatic heterocycles. The van der Waals surface area contributed by atoms with Crippen LogP contribution in [0.3, 0.4) is 0 Å². The van der Waals surface area contributed by atoms with Gasteiger partial charge in [0.15, 0.2) is 0 Å². The summed E-state index contributed by atoms with van der Waals surface area (Å²) in [5.74, 6) is 2.03. The number of aromatic nitrogens is 2. The van der Waals surface area contributed by atoms with Gasteiger partial charge in [0, 0.05) is 37.3 Å². The third-order valence-electron chi connectivity index (χ3n) is 5.21. The van der Waals surface area contributed by atoms with Gasteiger partial charge in [0.1, 0.15) is 5.75 Å². The van der Waals surface area contributed by atoms with Crippen molar-refractivity contribution in [2.24, 2.45) is 0 Å². The number of benzene rings is 2. The number of aryl methyl sites for hydroxylation is 1. The smallest absolute Gasteiger partial charge is 0.253 e. The van der Waals surface area contributed by atoms with Crippen LogP contribution in [0.15, 0.2) is 53.1 Å². The zero-order chi connectivity index (χ0) is 20.9. The van der Waals surface area contributed by atoms with Crippen molar-refractivity contribution in [3.8, 4) is 17.1 Å². The van der Waals surface area contributed by atoms with E-state index in [1.807, 2.05) is 67.3 Å². The monoisotopic (exact) mass is 406 g/mol. The van der Waals surface area contributed by atoms with Crippen molar-refractivity contribution in [2.75, 3.05) is 32.8 Å². The van der Waals surface area contributed by atoms with Crippen LogP contribution >= 0.6 is 0 Å². The van der Waals surface area contributed by atoms with Gasteiger partial charge in [0.2, 0.25) is 11.7 Å². The highest BCUT2D eigenvalue weighted by Gasteiger charge is 2.23. The van der Waals surface area contributed by atoms with Crippen LogP contribution in [0.4, 0.5) is 0 Å². The average molecular weight is 406 g/mol. The maximum atomic E-state index is 12.7. The Balaban J connectivity index is 1.30. The molecule has 7 nitrogen and oxygen atoms in total. The summed E-state index contributed by atoms with van der Waals surface area (Å²) in [7, 11) is 0. The number of hydrogen-bond acceptors (Lipinski definition) is 6. The quantitative estimate of drug-likeness (QED) is 0.625. The number of hydrogen-bond donors (Lipinski definition) is 0. The summed E-state index contributed by atoms with van der Waals surface area (Å²) in [5.41, 5.74) is 2.83. The molecule has 0 radical (unpaired) electrons. The molecule has 0 N–H and O–H groups in total. The van der Waals surface area contributed by atoms with E-state index in [-0.39, 0.29) is 5.91 Å². The third kappa shape index (κ3) is 4.68.